The molecule has 0 bridgehead atoms. The number of carboxylic acids is 1. The maximum absolute atomic E-state index is 11.0. The van der Waals surface area contributed by atoms with E-state index in [1.54, 1.807) is 12.1 Å². The number of pyridine rings is 1. The molecule has 0 aromatic carbocycles. The van der Waals surface area contributed by atoms with Crippen molar-refractivity contribution in [2.45, 2.75) is 32.2 Å². The van der Waals surface area contributed by atoms with Crippen LogP contribution in [0.1, 0.15) is 47.4 Å². The summed E-state index contributed by atoms with van der Waals surface area (Å²) < 4.78 is 0. The Balaban J connectivity index is 2.22. The average Bonchev–Trinajstić information content (AvgIpc) is 3.09. The molecule has 0 saturated heterocycles. The van der Waals surface area contributed by atoms with E-state index in [9.17, 15) is 9.59 Å². The molecule has 1 aromatic heterocycles. The van der Waals surface area contributed by atoms with Crippen molar-refractivity contribution in [3.05, 3.63) is 29.1 Å². The van der Waals surface area contributed by atoms with Crippen molar-refractivity contribution < 1.29 is 14.7 Å². The lowest BCUT2D eigenvalue weighted by Gasteiger charge is -2.07. The van der Waals surface area contributed by atoms with Crippen LogP contribution in [0.2, 0.25) is 0 Å². The fourth-order valence-corrected chi connectivity index (χ4v) is 1.68. The van der Waals surface area contributed by atoms with Gasteiger partial charge in [-0.2, -0.15) is 0 Å². The van der Waals surface area contributed by atoms with Gasteiger partial charge in [-0.15, -0.1) is 0 Å². The van der Waals surface area contributed by atoms with Gasteiger partial charge in [0.25, 0.3) is 0 Å². The Morgan fingerprint density at radius 3 is 2.71 bits per heavy atom. The van der Waals surface area contributed by atoms with Gasteiger partial charge in [-0.3, -0.25) is 9.78 Å². The number of rotatable bonds is 4. The Kier molecular flexibility index (Phi) is 3.08. The normalized spacial score (nSPS) is 14.4. The predicted octanol–water partition coefficient (Wildman–Crippen LogP) is 1.29. The van der Waals surface area contributed by atoms with Crippen LogP contribution in [0.3, 0.4) is 0 Å². The van der Waals surface area contributed by atoms with E-state index in [4.69, 9.17) is 5.11 Å². The third kappa shape index (κ3) is 2.81. The van der Waals surface area contributed by atoms with Crippen molar-refractivity contribution in [3.63, 3.8) is 0 Å². The first-order chi connectivity index (χ1) is 8.08. The molecule has 0 atom stereocenters. The fourth-order valence-electron chi connectivity index (χ4n) is 1.68. The lowest BCUT2D eigenvalue weighted by molar-refractivity contribution is -0.119. The second-order valence-electron chi connectivity index (χ2n) is 4.22. The van der Waals surface area contributed by atoms with E-state index < -0.39 is 5.97 Å². The van der Waals surface area contributed by atoms with Crippen LogP contribution in [0, 0.1) is 0 Å². The molecule has 1 saturated carbocycles. The molecule has 2 N–H and O–H groups in total. The molecule has 5 nitrogen and oxygen atoms in total. The highest BCUT2D eigenvalue weighted by atomic mass is 16.4. The zero-order chi connectivity index (χ0) is 12.4. The third-order valence-corrected chi connectivity index (χ3v) is 2.70. The number of hydrogen-bond acceptors (Lipinski definition) is 3. The van der Waals surface area contributed by atoms with E-state index in [1.165, 1.54) is 6.92 Å². The van der Waals surface area contributed by atoms with Crippen LogP contribution >= 0.6 is 0 Å². The summed E-state index contributed by atoms with van der Waals surface area (Å²) in [6.07, 6.45) is 1.99. The number of nitrogens with one attached hydrogen (secondary N) is 1. The topological polar surface area (TPSA) is 79.3 Å². The van der Waals surface area contributed by atoms with Crippen LogP contribution in [0.25, 0.3) is 0 Å². The molecule has 1 amide bonds. The molecule has 0 aliphatic heterocycles. The van der Waals surface area contributed by atoms with Crippen molar-refractivity contribution in [2.24, 2.45) is 0 Å². The van der Waals surface area contributed by atoms with Gasteiger partial charge in [0.2, 0.25) is 5.91 Å². The summed E-state index contributed by atoms with van der Waals surface area (Å²) in [4.78, 5) is 26.1. The van der Waals surface area contributed by atoms with E-state index >= 15 is 0 Å². The summed E-state index contributed by atoms with van der Waals surface area (Å²) in [6, 6.07) is 3.21. The van der Waals surface area contributed by atoms with E-state index in [0.717, 1.165) is 12.8 Å². The molecule has 0 unspecified atom stereocenters. The van der Waals surface area contributed by atoms with Crippen LogP contribution in [0.4, 0.5) is 0 Å². The van der Waals surface area contributed by atoms with E-state index in [-0.39, 0.29) is 17.4 Å². The molecular weight excluding hydrogens is 220 g/mol. The minimum atomic E-state index is -0.939. The molecule has 1 heterocycles. The number of carboxylic acid groups (broad SMARTS) is 1. The lowest BCUT2D eigenvalue weighted by Crippen LogP contribution is -2.20. The summed E-state index contributed by atoms with van der Waals surface area (Å²) in [5, 5.41) is 11.7. The van der Waals surface area contributed by atoms with Crippen LogP contribution in [0.15, 0.2) is 12.1 Å². The first-order valence-electron chi connectivity index (χ1n) is 5.55. The highest BCUT2D eigenvalue weighted by molar-refractivity contribution is 5.89. The van der Waals surface area contributed by atoms with E-state index in [1.807, 2.05) is 0 Å². The Morgan fingerprint density at radius 2 is 2.18 bits per heavy atom. The molecule has 1 aromatic rings. The quantitative estimate of drug-likeness (QED) is 0.822. The molecular formula is C12H14N2O3. The number of carbonyl (C=O) groups excluding carboxylic acids is 1. The number of nitrogens with zero attached hydrogens (tertiary/aromatic N) is 1. The van der Waals surface area contributed by atoms with Crippen molar-refractivity contribution in [1.82, 2.24) is 10.3 Å². The number of amides is 1. The molecule has 0 spiro atoms. The summed E-state index contributed by atoms with van der Waals surface area (Å²) in [6.45, 7) is 1.78. The first-order valence-corrected chi connectivity index (χ1v) is 5.55. The van der Waals surface area contributed by atoms with Gasteiger partial charge in [-0.25, -0.2) is 4.79 Å². The van der Waals surface area contributed by atoms with Gasteiger partial charge in [0.15, 0.2) is 0 Å². The minimum Gasteiger partial charge on any atom is -0.478 e. The third-order valence-electron chi connectivity index (χ3n) is 2.70. The smallest absolute Gasteiger partial charge is 0.337 e. The van der Waals surface area contributed by atoms with Crippen LogP contribution in [-0.2, 0) is 11.3 Å². The van der Waals surface area contributed by atoms with Gasteiger partial charge in [0, 0.05) is 12.8 Å². The monoisotopic (exact) mass is 234 g/mol. The van der Waals surface area contributed by atoms with E-state index in [0.29, 0.717) is 17.9 Å². The highest BCUT2D eigenvalue weighted by Gasteiger charge is 2.29. The second-order valence-corrected chi connectivity index (χ2v) is 4.22. The number of aromatic nitrogens is 1. The van der Waals surface area contributed by atoms with Gasteiger partial charge >= 0.3 is 5.97 Å². The van der Waals surface area contributed by atoms with Crippen molar-refractivity contribution >= 4 is 11.9 Å². The largest absolute Gasteiger partial charge is 0.478 e. The Bertz CT molecular complexity index is 467. The Labute approximate surface area is 98.9 Å². The van der Waals surface area contributed by atoms with Gasteiger partial charge < -0.3 is 10.4 Å². The lowest BCUT2D eigenvalue weighted by atomic mass is 10.1. The Morgan fingerprint density at radius 1 is 1.47 bits per heavy atom. The minimum absolute atomic E-state index is 0.123. The summed E-state index contributed by atoms with van der Waals surface area (Å²) in [7, 11) is 0. The van der Waals surface area contributed by atoms with Crippen molar-refractivity contribution in [3.8, 4) is 0 Å². The molecule has 1 aliphatic rings. The SMILES string of the molecule is CC(=O)NCc1ccc(C(=O)O)c(C2CC2)n1. The number of carbonyl (C=O) groups is 2. The van der Waals surface area contributed by atoms with Crippen molar-refractivity contribution in [2.75, 3.05) is 0 Å². The summed E-state index contributed by atoms with van der Waals surface area (Å²) >= 11 is 0. The maximum Gasteiger partial charge on any atom is 0.337 e. The average molecular weight is 234 g/mol. The highest BCUT2D eigenvalue weighted by Crippen LogP contribution is 2.40. The molecule has 5 heteroatoms. The zero-order valence-corrected chi connectivity index (χ0v) is 9.56. The van der Waals surface area contributed by atoms with Gasteiger partial charge in [-0.05, 0) is 25.0 Å². The number of aromatic carboxylic acids is 1. The predicted molar refractivity (Wildman–Crippen MR) is 60.7 cm³/mol. The zero-order valence-electron chi connectivity index (χ0n) is 9.56. The molecule has 1 fully saturated rings. The van der Waals surface area contributed by atoms with E-state index in [2.05, 4.69) is 10.3 Å². The fraction of sp³-hybridized carbons (Fsp3) is 0.417. The van der Waals surface area contributed by atoms with Crippen molar-refractivity contribution in [1.29, 1.82) is 0 Å². The first kappa shape index (κ1) is 11.6. The second kappa shape index (κ2) is 4.53. The summed E-state index contributed by atoms with van der Waals surface area (Å²) in [5.74, 6) is -0.786. The van der Waals surface area contributed by atoms with Gasteiger partial charge in [-0.1, -0.05) is 0 Å². The van der Waals surface area contributed by atoms with Gasteiger partial charge in [0.1, 0.15) is 0 Å². The molecule has 17 heavy (non-hydrogen) atoms. The molecule has 90 valence electrons. The molecule has 0 radical (unpaired) electrons. The van der Waals surface area contributed by atoms with Gasteiger partial charge in [0.05, 0.1) is 23.5 Å². The van der Waals surface area contributed by atoms with Crippen LogP contribution in [0.5, 0.6) is 0 Å². The maximum atomic E-state index is 11.0. The molecule has 1 aliphatic carbocycles. The molecule has 2 rings (SSSR count). The summed E-state index contributed by atoms with van der Waals surface area (Å²) in [5.41, 5.74) is 1.63. The number of hydrogen-bond donors (Lipinski definition) is 2. The Hall–Kier alpha value is -1.91. The van der Waals surface area contributed by atoms with Crippen LogP contribution < -0.4 is 5.32 Å². The standard InChI is InChI=1S/C12H14N2O3/c1-7(15)13-6-9-4-5-10(12(16)17)11(14-9)8-2-3-8/h4-5,8H,2-3,6H2,1H3,(H,13,15)(H,16,17). The van der Waals surface area contributed by atoms with Crippen LogP contribution in [-0.4, -0.2) is 22.0 Å².